The van der Waals surface area contributed by atoms with E-state index in [2.05, 4.69) is 39.3 Å². The van der Waals surface area contributed by atoms with Crippen molar-refractivity contribution in [3.05, 3.63) is 40.1 Å². The van der Waals surface area contributed by atoms with E-state index in [0.29, 0.717) is 6.04 Å². The molecule has 3 nitrogen and oxygen atoms in total. The molecule has 0 bridgehead atoms. The zero-order chi connectivity index (χ0) is 13.1. The van der Waals surface area contributed by atoms with E-state index in [1.807, 2.05) is 17.7 Å². The molecular weight excluding hydrogens is 254 g/mol. The molecule has 1 N–H and O–H groups in total. The van der Waals surface area contributed by atoms with Crippen LogP contribution in [0.3, 0.4) is 0 Å². The van der Waals surface area contributed by atoms with Gasteiger partial charge in [0.2, 0.25) is 0 Å². The molecule has 4 heteroatoms. The highest BCUT2D eigenvalue weighted by Gasteiger charge is 2.14. The largest absolute Gasteiger partial charge is 0.333 e. The second-order valence-corrected chi connectivity index (χ2v) is 6.21. The van der Waals surface area contributed by atoms with E-state index in [1.165, 1.54) is 41.9 Å². The van der Waals surface area contributed by atoms with Crippen molar-refractivity contribution in [1.82, 2.24) is 14.9 Å². The van der Waals surface area contributed by atoms with Crippen LogP contribution in [0.2, 0.25) is 0 Å². The lowest BCUT2D eigenvalue weighted by molar-refractivity contribution is 0.521. The Kier molecular flexibility index (Phi) is 3.99. The number of hydrogen-bond donors (Lipinski definition) is 1. The summed E-state index contributed by atoms with van der Waals surface area (Å²) in [5.41, 5.74) is 2.80. The predicted molar refractivity (Wildman–Crippen MR) is 79.6 cm³/mol. The van der Waals surface area contributed by atoms with Crippen LogP contribution < -0.4 is 5.32 Å². The van der Waals surface area contributed by atoms with E-state index in [9.17, 15) is 0 Å². The van der Waals surface area contributed by atoms with Crippen molar-refractivity contribution in [2.45, 2.75) is 45.2 Å². The number of aromatic nitrogens is 2. The Labute approximate surface area is 118 Å². The third kappa shape index (κ3) is 2.90. The van der Waals surface area contributed by atoms with Gasteiger partial charge in [-0.2, -0.15) is 0 Å². The molecule has 1 aliphatic rings. The van der Waals surface area contributed by atoms with Crippen molar-refractivity contribution in [1.29, 1.82) is 0 Å². The van der Waals surface area contributed by atoms with Gasteiger partial charge in [-0.1, -0.05) is 6.07 Å². The van der Waals surface area contributed by atoms with Crippen LogP contribution in [0.15, 0.2) is 23.8 Å². The predicted octanol–water partition coefficient (Wildman–Crippen LogP) is 3.17. The maximum Gasteiger partial charge on any atom is 0.0952 e. The molecule has 1 aliphatic carbocycles. The van der Waals surface area contributed by atoms with Crippen LogP contribution in [0.4, 0.5) is 0 Å². The summed E-state index contributed by atoms with van der Waals surface area (Å²) in [6.07, 6.45) is 7.01. The first-order valence-electron chi connectivity index (χ1n) is 7.14. The first-order valence-corrected chi connectivity index (χ1v) is 8.02. The summed E-state index contributed by atoms with van der Waals surface area (Å²) in [5.74, 6) is 0. The van der Waals surface area contributed by atoms with Gasteiger partial charge >= 0.3 is 0 Å². The lowest BCUT2D eigenvalue weighted by atomic mass is 10.0. The topological polar surface area (TPSA) is 29.9 Å². The lowest BCUT2D eigenvalue weighted by Gasteiger charge is -2.16. The SMILES string of the molecule is CC(NCCn1cnc2c1CCCC2)c1cccs1. The summed E-state index contributed by atoms with van der Waals surface area (Å²) in [7, 11) is 0. The molecule has 0 aliphatic heterocycles. The Bertz CT molecular complexity index is 515. The molecule has 2 aromatic heterocycles. The molecule has 1 unspecified atom stereocenters. The van der Waals surface area contributed by atoms with E-state index < -0.39 is 0 Å². The van der Waals surface area contributed by atoms with E-state index >= 15 is 0 Å². The minimum absolute atomic E-state index is 0.444. The van der Waals surface area contributed by atoms with E-state index in [1.54, 1.807) is 0 Å². The zero-order valence-electron chi connectivity index (χ0n) is 11.4. The number of rotatable bonds is 5. The molecule has 0 fully saturated rings. The molecular formula is C15H21N3S. The summed E-state index contributed by atoms with van der Waals surface area (Å²) >= 11 is 1.82. The Morgan fingerprint density at radius 3 is 3.16 bits per heavy atom. The fraction of sp³-hybridized carbons (Fsp3) is 0.533. The van der Waals surface area contributed by atoms with Crippen LogP contribution in [-0.2, 0) is 19.4 Å². The maximum atomic E-state index is 4.54. The van der Waals surface area contributed by atoms with Crippen molar-refractivity contribution in [2.24, 2.45) is 0 Å². The number of imidazole rings is 1. The average molecular weight is 275 g/mol. The molecule has 2 aromatic rings. The lowest BCUT2D eigenvalue weighted by Crippen LogP contribution is -2.23. The van der Waals surface area contributed by atoms with E-state index in [-0.39, 0.29) is 0 Å². The van der Waals surface area contributed by atoms with E-state index in [0.717, 1.165) is 13.1 Å². The normalized spacial score (nSPS) is 16.3. The van der Waals surface area contributed by atoms with Gasteiger partial charge < -0.3 is 9.88 Å². The summed E-state index contributed by atoms with van der Waals surface area (Å²) in [6, 6.07) is 4.76. The first kappa shape index (κ1) is 12.9. The first-order chi connectivity index (χ1) is 9.34. The van der Waals surface area contributed by atoms with Crippen LogP contribution in [0.1, 0.15) is 42.1 Å². The van der Waals surface area contributed by atoms with Crippen molar-refractivity contribution in [2.75, 3.05) is 6.54 Å². The molecule has 102 valence electrons. The molecule has 0 spiro atoms. The number of thiophene rings is 1. The minimum Gasteiger partial charge on any atom is -0.333 e. The second kappa shape index (κ2) is 5.88. The minimum atomic E-state index is 0.444. The fourth-order valence-corrected chi connectivity index (χ4v) is 3.52. The summed E-state index contributed by atoms with van der Waals surface area (Å²) in [4.78, 5) is 5.95. The number of aryl methyl sites for hydroxylation is 1. The third-order valence-corrected chi connectivity index (χ3v) is 4.94. The van der Waals surface area contributed by atoms with Crippen molar-refractivity contribution in [3.8, 4) is 0 Å². The quantitative estimate of drug-likeness (QED) is 0.908. The van der Waals surface area contributed by atoms with Crippen LogP contribution >= 0.6 is 11.3 Å². The molecule has 1 atom stereocenters. The third-order valence-electron chi connectivity index (χ3n) is 3.88. The second-order valence-electron chi connectivity index (χ2n) is 5.23. The van der Waals surface area contributed by atoms with Gasteiger partial charge in [-0.25, -0.2) is 4.98 Å². The smallest absolute Gasteiger partial charge is 0.0952 e. The van der Waals surface area contributed by atoms with Gasteiger partial charge in [-0.15, -0.1) is 11.3 Å². The monoisotopic (exact) mass is 275 g/mol. The van der Waals surface area contributed by atoms with Crippen molar-refractivity contribution in [3.63, 3.8) is 0 Å². The van der Waals surface area contributed by atoms with Gasteiger partial charge in [-0.05, 0) is 44.1 Å². The van der Waals surface area contributed by atoms with Gasteiger partial charge in [0.1, 0.15) is 0 Å². The van der Waals surface area contributed by atoms with Crippen LogP contribution in [-0.4, -0.2) is 16.1 Å². The number of nitrogens with zero attached hydrogens (tertiary/aromatic N) is 2. The highest BCUT2D eigenvalue weighted by Crippen LogP contribution is 2.20. The molecule has 0 aromatic carbocycles. The van der Waals surface area contributed by atoms with Crippen LogP contribution in [0, 0.1) is 0 Å². The summed E-state index contributed by atoms with van der Waals surface area (Å²) < 4.78 is 2.34. The maximum absolute atomic E-state index is 4.54. The number of nitrogens with one attached hydrogen (secondary N) is 1. The Hall–Kier alpha value is -1.13. The molecule has 0 radical (unpaired) electrons. The molecule has 0 amide bonds. The van der Waals surface area contributed by atoms with Gasteiger partial charge in [0.25, 0.3) is 0 Å². The molecule has 19 heavy (non-hydrogen) atoms. The summed E-state index contributed by atoms with van der Waals surface area (Å²) in [5, 5.41) is 5.73. The highest BCUT2D eigenvalue weighted by molar-refractivity contribution is 7.10. The number of fused-ring (bicyclic) bond motifs is 1. The molecule has 0 saturated heterocycles. The Morgan fingerprint density at radius 1 is 1.42 bits per heavy atom. The molecule has 2 heterocycles. The van der Waals surface area contributed by atoms with Crippen LogP contribution in [0.25, 0.3) is 0 Å². The van der Waals surface area contributed by atoms with Gasteiger partial charge in [0.15, 0.2) is 0 Å². The molecule has 3 rings (SSSR count). The average Bonchev–Trinajstić information content (AvgIpc) is 3.08. The highest BCUT2D eigenvalue weighted by atomic mass is 32.1. The fourth-order valence-electron chi connectivity index (χ4n) is 2.76. The van der Waals surface area contributed by atoms with Gasteiger partial charge in [0, 0.05) is 29.7 Å². The zero-order valence-corrected chi connectivity index (χ0v) is 12.2. The van der Waals surface area contributed by atoms with Crippen LogP contribution in [0.5, 0.6) is 0 Å². The van der Waals surface area contributed by atoms with E-state index in [4.69, 9.17) is 0 Å². The Balaban J connectivity index is 1.54. The Morgan fingerprint density at radius 2 is 2.32 bits per heavy atom. The summed E-state index contributed by atoms with van der Waals surface area (Å²) in [6.45, 7) is 4.26. The number of hydrogen-bond acceptors (Lipinski definition) is 3. The molecule has 0 saturated carbocycles. The van der Waals surface area contributed by atoms with Gasteiger partial charge in [-0.3, -0.25) is 0 Å². The van der Waals surface area contributed by atoms with Crippen molar-refractivity contribution >= 4 is 11.3 Å². The van der Waals surface area contributed by atoms with Gasteiger partial charge in [0.05, 0.1) is 12.0 Å². The standard InChI is InChI=1S/C15H21N3S/c1-12(15-7-4-10-19-15)16-8-9-18-11-17-13-5-2-3-6-14(13)18/h4,7,10-12,16H,2-3,5-6,8-9H2,1H3. The van der Waals surface area contributed by atoms with Crippen molar-refractivity contribution < 1.29 is 0 Å².